The van der Waals surface area contributed by atoms with Crippen molar-refractivity contribution in [1.82, 2.24) is 9.97 Å². The van der Waals surface area contributed by atoms with Crippen molar-refractivity contribution in [3.05, 3.63) is 12.4 Å². The Labute approximate surface area is 72.0 Å². The van der Waals surface area contributed by atoms with Crippen molar-refractivity contribution in [3.8, 4) is 0 Å². The molecule has 0 atom stereocenters. The van der Waals surface area contributed by atoms with Gasteiger partial charge in [-0.25, -0.2) is 15.0 Å². The van der Waals surface area contributed by atoms with Gasteiger partial charge in [-0.3, -0.25) is 0 Å². The van der Waals surface area contributed by atoms with Gasteiger partial charge in [0.25, 0.3) is 0 Å². The lowest BCUT2D eigenvalue weighted by Gasteiger charge is -2.11. The second-order valence-electron chi connectivity index (χ2n) is 2.49. The van der Waals surface area contributed by atoms with Crippen LogP contribution in [0.15, 0.2) is 17.4 Å². The molecule has 0 spiro atoms. The van der Waals surface area contributed by atoms with Crippen molar-refractivity contribution in [2.24, 2.45) is 4.99 Å². The molecule has 4 heteroatoms. The zero-order valence-electron chi connectivity index (χ0n) is 7.52. The van der Waals surface area contributed by atoms with Crippen LogP contribution < -0.4 is 4.90 Å². The topological polar surface area (TPSA) is 41.4 Å². The average Bonchev–Trinajstić information content (AvgIpc) is 2.05. The number of rotatable bonds is 2. The fourth-order valence-electron chi connectivity index (χ4n) is 0.852. The van der Waals surface area contributed by atoms with Crippen LogP contribution in [0.25, 0.3) is 0 Å². The molecule has 0 bridgehead atoms. The summed E-state index contributed by atoms with van der Waals surface area (Å²) in [7, 11) is 3.83. The van der Waals surface area contributed by atoms with E-state index < -0.39 is 0 Å². The molecule has 0 saturated heterocycles. The van der Waals surface area contributed by atoms with Gasteiger partial charge in [0.05, 0.1) is 0 Å². The molecule has 0 aliphatic heterocycles. The highest BCUT2D eigenvalue weighted by atomic mass is 15.2. The summed E-state index contributed by atoms with van der Waals surface area (Å²) in [6.07, 6.45) is 5.00. The highest BCUT2D eigenvalue weighted by Gasteiger charge is 2.03. The van der Waals surface area contributed by atoms with Crippen molar-refractivity contribution >= 4 is 17.9 Å². The molecule has 1 rings (SSSR count). The van der Waals surface area contributed by atoms with Crippen molar-refractivity contribution in [2.45, 2.75) is 6.92 Å². The van der Waals surface area contributed by atoms with Gasteiger partial charge in [0, 0.05) is 32.7 Å². The Balaban J connectivity index is 3.08. The standard InChI is InChI=1S/C8H12N4/c1-4-9-7-8(12(2)3)11-6-5-10-7/h4-6H,1-3H3. The summed E-state index contributed by atoms with van der Waals surface area (Å²) in [6.45, 7) is 1.86. The third-order valence-electron chi connectivity index (χ3n) is 1.34. The molecule has 0 amide bonds. The molecule has 0 saturated carbocycles. The molecule has 0 aromatic carbocycles. The lowest BCUT2D eigenvalue weighted by atomic mass is 10.5. The van der Waals surface area contributed by atoms with E-state index >= 15 is 0 Å². The fourth-order valence-corrected chi connectivity index (χ4v) is 0.852. The molecule has 4 nitrogen and oxygen atoms in total. The SMILES string of the molecule is CC=Nc1nccnc1N(C)C. The van der Waals surface area contributed by atoms with Crippen molar-refractivity contribution in [1.29, 1.82) is 0 Å². The second-order valence-corrected chi connectivity index (χ2v) is 2.49. The molecular weight excluding hydrogens is 152 g/mol. The summed E-state index contributed by atoms with van der Waals surface area (Å²) in [6, 6.07) is 0. The summed E-state index contributed by atoms with van der Waals surface area (Å²) in [5, 5.41) is 0. The van der Waals surface area contributed by atoms with E-state index in [1.165, 1.54) is 0 Å². The first-order valence-corrected chi connectivity index (χ1v) is 3.72. The smallest absolute Gasteiger partial charge is 0.195 e. The highest BCUT2D eigenvalue weighted by Crippen LogP contribution is 2.19. The van der Waals surface area contributed by atoms with Crippen LogP contribution in [0.4, 0.5) is 11.6 Å². The number of aromatic nitrogens is 2. The second kappa shape index (κ2) is 3.80. The number of anilines is 1. The maximum atomic E-state index is 4.15. The maximum Gasteiger partial charge on any atom is 0.195 e. The van der Waals surface area contributed by atoms with Crippen molar-refractivity contribution in [2.75, 3.05) is 19.0 Å². The van der Waals surface area contributed by atoms with Gasteiger partial charge in [0.1, 0.15) is 0 Å². The van der Waals surface area contributed by atoms with Gasteiger partial charge < -0.3 is 4.90 Å². The zero-order valence-corrected chi connectivity index (χ0v) is 7.52. The normalized spacial score (nSPS) is 10.6. The van der Waals surface area contributed by atoms with Crippen molar-refractivity contribution in [3.63, 3.8) is 0 Å². The molecule has 1 aromatic rings. The van der Waals surface area contributed by atoms with Crippen LogP contribution in [0.1, 0.15) is 6.92 Å². The van der Waals surface area contributed by atoms with E-state index in [2.05, 4.69) is 15.0 Å². The third kappa shape index (κ3) is 1.78. The summed E-state index contributed by atoms with van der Waals surface area (Å²) < 4.78 is 0. The van der Waals surface area contributed by atoms with Crippen LogP contribution in [0.3, 0.4) is 0 Å². The minimum atomic E-state index is 0.657. The lowest BCUT2D eigenvalue weighted by molar-refractivity contribution is 1.04. The molecule has 0 aliphatic carbocycles. The highest BCUT2D eigenvalue weighted by molar-refractivity contribution is 5.65. The third-order valence-corrected chi connectivity index (χ3v) is 1.34. The van der Waals surface area contributed by atoms with E-state index in [0.717, 1.165) is 5.82 Å². The van der Waals surface area contributed by atoms with Crippen LogP contribution in [-0.4, -0.2) is 30.3 Å². The fraction of sp³-hybridized carbons (Fsp3) is 0.375. The Morgan fingerprint density at radius 2 is 2.00 bits per heavy atom. The van der Waals surface area contributed by atoms with E-state index in [1.54, 1.807) is 18.6 Å². The van der Waals surface area contributed by atoms with Crippen molar-refractivity contribution < 1.29 is 0 Å². The molecule has 1 aromatic heterocycles. The molecule has 1 heterocycles. The molecule has 0 radical (unpaired) electrons. The van der Waals surface area contributed by atoms with Crippen LogP contribution in [-0.2, 0) is 0 Å². The van der Waals surface area contributed by atoms with Gasteiger partial charge in [-0.2, -0.15) is 0 Å². The maximum absolute atomic E-state index is 4.15. The first kappa shape index (κ1) is 8.64. The molecule has 12 heavy (non-hydrogen) atoms. The van der Waals surface area contributed by atoms with Gasteiger partial charge in [-0.05, 0) is 6.92 Å². The lowest BCUT2D eigenvalue weighted by Crippen LogP contribution is -2.11. The minimum Gasteiger partial charge on any atom is -0.360 e. The summed E-state index contributed by atoms with van der Waals surface area (Å²) in [5.41, 5.74) is 0. The molecule has 0 aliphatic rings. The molecule has 0 N–H and O–H groups in total. The number of hydrogen-bond acceptors (Lipinski definition) is 4. The number of nitrogens with zero attached hydrogens (tertiary/aromatic N) is 4. The zero-order chi connectivity index (χ0) is 8.97. The first-order valence-electron chi connectivity index (χ1n) is 3.72. The molecule has 64 valence electrons. The van der Waals surface area contributed by atoms with E-state index in [4.69, 9.17) is 0 Å². The van der Waals surface area contributed by atoms with E-state index in [-0.39, 0.29) is 0 Å². The minimum absolute atomic E-state index is 0.657. The Hall–Kier alpha value is -1.45. The Morgan fingerprint density at radius 1 is 1.33 bits per heavy atom. The summed E-state index contributed by atoms with van der Waals surface area (Å²) in [4.78, 5) is 14.2. The number of aliphatic imine (C=N–C) groups is 1. The van der Waals surface area contributed by atoms with Gasteiger partial charge in [-0.15, -0.1) is 0 Å². The van der Waals surface area contributed by atoms with E-state index in [0.29, 0.717) is 5.82 Å². The first-order chi connectivity index (χ1) is 5.75. The van der Waals surface area contributed by atoms with E-state index in [9.17, 15) is 0 Å². The summed E-state index contributed by atoms with van der Waals surface area (Å²) >= 11 is 0. The monoisotopic (exact) mass is 164 g/mol. The Bertz CT molecular complexity index is 280. The van der Waals surface area contributed by atoms with Gasteiger partial charge in [0.2, 0.25) is 0 Å². The molecule has 0 unspecified atom stereocenters. The van der Waals surface area contributed by atoms with Gasteiger partial charge >= 0.3 is 0 Å². The molecular formula is C8H12N4. The van der Waals surface area contributed by atoms with Crippen LogP contribution in [0.2, 0.25) is 0 Å². The van der Waals surface area contributed by atoms with Gasteiger partial charge in [-0.1, -0.05) is 0 Å². The quantitative estimate of drug-likeness (QED) is 0.618. The Morgan fingerprint density at radius 3 is 2.58 bits per heavy atom. The summed E-state index contributed by atoms with van der Waals surface area (Å²) in [5.74, 6) is 1.45. The van der Waals surface area contributed by atoms with Crippen LogP contribution in [0.5, 0.6) is 0 Å². The average molecular weight is 164 g/mol. The molecule has 0 fully saturated rings. The predicted octanol–water partition coefficient (Wildman–Crippen LogP) is 1.26. The number of hydrogen-bond donors (Lipinski definition) is 0. The Kier molecular flexibility index (Phi) is 2.74. The van der Waals surface area contributed by atoms with E-state index in [1.807, 2.05) is 25.9 Å². The largest absolute Gasteiger partial charge is 0.360 e. The van der Waals surface area contributed by atoms with Gasteiger partial charge in [0.15, 0.2) is 11.6 Å². The van der Waals surface area contributed by atoms with Crippen LogP contribution in [0, 0.1) is 0 Å². The predicted molar refractivity (Wildman–Crippen MR) is 50.2 cm³/mol. The van der Waals surface area contributed by atoms with Crippen LogP contribution >= 0.6 is 0 Å².